The highest BCUT2D eigenvalue weighted by atomic mass is 19.4. The number of hydrogen-bond donors (Lipinski definition) is 1. The lowest BCUT2D eigenvalue weighted by molar-refractivity contribution is -0.137. The minimum atomic E-state index is -4.42. The molecule has 0 aliphatic carbocycles. The summed E-state index contributed by atoms with van der Waals surface area (Å²) < 4.78 is 39.3. The van der Waals surface area contributed by atoms with Crippen molar-refractivity contribution >= 4 is 12.1 Å². The first-order valence-electron chi connectivity index (χ1n) is 6.96. The highest BCUT2D eigenvalue weighted by Crippen LogP contribution is 2.37. The Balaban J connectivity index is 2.14. The Labute approximate surface area is 130 Å². The summed E-state index contributed by atoms with van der Waals surface area (Å²) in [5.74, 6) is -0.488. The van der Waals surface area contributed by atoms with E-state index in [1.165, 1.54) is 0 Å². The van der Waals surface area contributed by atoms with Crippen molar-refractivity contribution in [3.05, 3.63) is 58.7 Å². The number of carbonyl (C=O) groups excluding carboxylic acids is 1. The van der Waals surface area contributed by atoms with E-state index in [9.17, 15) is 18.0 Å². The maximum absolute atomic E-state index is 13.1. The predicted octanol–water partition coefficient (Wildman–Crippen LogP) is 3.33. The van der Waals surface area contributed by atoms with E-state index in [1.54, 1.807) is 30.5 Å². The summed E-state index contributed by atoms with van der Waals surface area (Å²) in [6.45, 7) is 0.243. The molecule has 1 aliphatic heterocycles. The fourth-order valence-corrected chi connectivity index (χ4v) is 2.68. The van der Waals surface area contributed by atoms with Crippen molar-refractivity contribution in [2.24, 2.45) is 10.7 Å². The molecule has 0 saturated carbocycles. The zero-order chi connectivity index (χ0) is 16.6. The number of halogens is 3. The van der Waals surface area contributed by atoms with Crippen molar-refractivity contribution in [3.8, 4) is 11.1 Å². The van der Waals surface area contributed by atoms with Gasteiger partial charge in [0.05, 0.1) is 18.5 Å². The molecular weight excluding hydrogens is 305 g/mol. The Morgan fingerprint density at radius 1 is 1.22 bits per heavy atom. The molecule has 2 aromatic carbocycles. The van der Waals surface area contributed by atoms with Crippen molar-refractivity contribution in [1.82, 2.24) is 0 Å². The Bertz CT molecular complexity index is 810. The molecule has 3 rings (SSSR count). The lowest BCUT2D eigenvalue weighted by Crippen LogP contribution is -2.13. The lowest BCUT2D eigenvalue weighted by Gasteiger charge is -2.14. The predicted molar refractivity (Wildman–Crippen MR) is 81.1 cm³/mol. The van der Waals surface area contributed by atoms with E-state index in [-0.39, 0.29) is 13.0 Å². The third-order valence-corrected chi connectivity index (χ3v) is 3.69. The van der Waals surface area contributed by atoms with Gasteiger partial charge in [-0.25, -0.2) is 0 Å². The van der Waals surface area contributed by atoms with E-state index in [0.717, 1.165) is 12.1 Å². The summed E-state index contributed by atoms with van der Waals surface area (Å²) in [6, 6.07) is 9.08. The number of nitrogens with zero attached hydrogens (tertiary/aromatic N) is 1. The van der Waals surface area contributed by atoms with Crippen molar-refractivity contribution in [1.29, 1.82) is 0 Å². The third-order valence-electron chi connectivity index (χ3n) is 3.69. The average Bonchev–Trinajstić information content (AvgIpc) is 2.93. The molecule has 0 atom stereocenters. The molecular formula is C17H13F3N2O. The summed E-state index contributed by atoms with van der Waals surface area (Å²) in [5.41, 5.74) is 7.45. The van der Waals surface area contributed by atoms with Crippen LogP contribution in [0.15, 0.2) is 41.4 Å². The molecule has 1 heterocycles. The van der Waals surface area contributed by atoms with Gasteiger partial charge in [0.25, 0.3) is 0 Å². The van der Waals surface area contributed by atoms with Gasteiger partial charge >= 0.3 is 6.18 Å². The van der Waals surface area contributed by atoms with Gasteiger partial charge in [0.1, 0.15) is 0 Å². The molecule has 0 unspecified atom stereocenters. The van der Waals surface area contributed by atoms with E-state index in [1.807, 2.05) is 0 Å². The summed E-state index contributed by atoms with van der Waals surface area (Å²) in [4.78, 5) is 15.1. The smallest absolute Gasteiger partial charge is 0.369 e. The molecule has 0 bridgehead atoms. The topological polar surface area (TPSA) is 55.5 Å². The maximum Gasteiger partial charge on any atom is 0.416 e. The second-order valence-electron chi connectivity index (χ2n) is 5.41. The van der Waals surface area contributed by atoms with Gasteiger partial charge in [0.2, 0.25) is 5.91 Å². The molecule has 0 saturated heterocycles. The number of amides is 1. The summed E-state index contributed by atoms with van der Waals surface area (Å²) in [5, 5.41) is 0. The standard InChI is InChI=1S/C17H13F3N2O/c18-17(19,20)13-6-12-8-22-9-15(12)14(7-13)11-3-1-2-10(4-11)5-16(21)23/h1-4,6-7,9H,5,8H2,(H2,21,23). The summed E-state index contributed by atoms with van der Waals surface area (Å²) in [6.07, 6.45) is -2.79. The number of aliphatic imine (C=N–C) groups is 1. The number of rotatable bonds is 3. The molecule has 118 valence electrons. The quantitative estimate of drug-likeness (QED) is 0.927. The van der Waals surface area contributed by atoms with Crippen LogP contribution in [0.25, 0.3) is 11.1 Å². The number of nitrogens with two attached hydrogens (primary N) is 1. The second kappa shape index (κ2) is 5.53. The minimum Gasteiger partial charge on any atom is -0.369 e. The van der Waals surface area contributed by atoms with Crippen LogP contribution >= 0.6 is 0 Å². The van der Waals surface area contributed by atoms with Crippen molar-refractivity contribution < 1.29 is 18.0 Å². The van der Waals surface area contributed by atoms with Crippen molar-refractivity contribution in [3.63, 3.8) is 0 Å². The SMILES string of the molecule is NC(=O)Cc1cccc(-c2cc(C(F)(F)F)cc3c2C=NC3)c1. The van der Waals surface area contributed by atoms with Crippen LogP contribution < -0.4 is 5.73 Å². The van der Waals surface area contributed by atoms with Crippen LogP contribution in [0.4, 0.5) is 13.2 Å². The highest BCUT2D eigenvalue weighted by Gasteiger charge is 2.32. The molecule has 0 fully saturated rings. The Morgan fingerprint density at radius 3 is 2.70 bits per heavy atom. The fraction of sp³-hybridized carbons (Fsp3) is 0.176. The maximum atomic E-state index is 13.1. The van der Waals surface area contributed by atoms with Gasteiger partial charge in [-0.05, 0) is 34.4 Å². The van der Waals surface area contributed by atoms with E-state index in [4.69, 9.17) is 5.73 Å². The van der Waals surface area contributed by atoms with Crippen LogP contribution in [0.2, 0.25) is 0 Å². The number of benzene rings is 2. The molecule has 1 amide bonds. The molecule has 2 aromatic rings. The zero-order valence-corrected chi connectivity index (χ0v) is 12.0. The first kappa shape index (κ1) is 15.3. The van der Waals surface area contributed by atoms with E-state index in [2.05, 4.69) is 4.99 Å². The first-order valence-corrected chi connectivity index (χ1v) is 6.96. The van der Waals surface area contributed by atoms with Gasteiger partial charge < -0.3 is 5.73 Å². The van der Waals surface area contributed by atoms with E-state index < -0.39 is 17.6 Å². The minimum absolute atomic E-state index is 0.0447. The van der Waals surface area contributed by atoms with Crippen LogP contribution in [0.1, 0.15) is 22.3 Å². The number of carbonyl (C=O) groups is 1. The first-order chi connectivity index (χ1) is 10.8. The lowest BCUT2D eigenvalue weighted by atomic mass is 9.93. The van der Waals surface area contributed by atoms with Crippen molar-refractivity contribution in [2.45, 2.75) is 19.1 Å². The number of alkyl halides is 3. The van der Waals surface area contributed by atoms with Gasteiger partial charge in [0, 0.05) is 11.8 Å². The van der Waals surface area contributed by atoms with E-state index in [0.29, 0.717) is 27.8 Å². The summed E-state index contributed by atoms with van der Waals surface area (Å²) in [7, 11) is 0. The summed E-state index contributed by atoms with van der Waals surface area (Å²) >= 11 is 0. The van der Waals surface area contributed by atoms with E-state index >= 15 is 0 Å². The average molecular weight is 318 g/mol. The van der Waals surface area contributed by atoms with Gasteiger partial charge in [-0.3, -0.25) is 9.79 Å². The molecule has 3 nitrogen and oxygen atoms in total. The molecule has 0 spiro atoms. The second-order valence-corrected chi connectivity index (χ2v) is 5.41. The zero-order valence-electron chi connectivity index (χ0n) is 12.0. The normalized spacial score (nSPS) is 13.2. The van der Waals surface area contributed by atoms with Gasteiger partial charge in [-0.15, -0.1) is 0 Å². The molecule has 6 heteroatoms. The van der Waals surface area contributed by atoms with Crippen LogP contribution in [-0.2, 0) is 23.9 Å². The Hall–Kier alpha value is -2.63. The van der Waals surface area contributed by atoms with Crippen LogP contribution in [0.3, 0.4) is 0 Å². The monoisotopic (exact) mass is 318 g/mol. The van der Waals surface area contributed by atoms with Crippen molar-refractivity contribution in [2.75, 3.05) is 0 Å². The molecule has 0 radical (unpaired) electrons. The molecule has 0 aromatic heterocycles. The Kier molecular flexibility index (Phi) is 3.67. The fourth-order valence-electron chi connectivity index (χ4n) is 2.68. The van der Waals surface area contributed by atoms with Gasteiger partial charge in [0.15, 0.2) is 0 Å². The van der Waals surface area contributed by atoms with Gasteiger partial charge in [-0.2, -0.15) is 13.2 Å². The van der Waals surface area contributed by atoms with Crippen LogP contribution in [0.5, 0.6) is 0 Å². The molecule has 23 heavy (non-hydrogen) atoms. The Morgan fingerprint density at radius 2 is 2.00 bits per heavy atom. The molecule has 1 aliphatic rings. The number of fused-ring (bicyclic) bond motifs is 1. The largest absolute Gasteiger partial charge is 0.416 e. The van der Waals surface area contributed by atoms with Crippen LogP contribution in [-0.4, -0.2) is 12.1 Å². The van der Waals surface area contributed by atoms with Crippen LogP contribution in [0, 0.1) is 0 Å². The number of hydrogen-bond acceptors (Lipinski definition) is 2. The third kappa shape index (κ3) is 3.11. The number of primary amides is 1. The molecule has 2 N–H and O–H groups in total. The highest BCUT2D eigenvalue weighted by molar-refractivity contribution is 5.94. The van der Waals surface area contributed by atoms with Gasteiger partial charge in [-0.1, -0.05) is 24.3 Å².